The van der Waals surface area contributed by atoms with Crippen LogP contribution in [0.4, 0.5) is 0 Å². The van der Waals surface area contributed by atoms with Crippen LogP contribution in [0.25, 0.3) is 0 Å². The maximum atomic E-state index is 5.91. The molecule has 0 saturated carbocycles. The summed E-state index contributed by atoms with van der Waals surface area (Å²) in [4.78, 5) is 1.33. The Morgan fingerprint density at radius 1 is 1.50 bits per heavy atom. The smallest absolute Gasteiger partial charge is 0.0931 e. The molecule has 0 amide bonds. The van der Waals surface area contributed by atoms with E-state index < -0.39 is 0 Å². The molecule has 2 heterocycles. The highest BCUT2D eigenvalue weighted by Crippen LogP contribution is 2.26. The van der Waals surface area contributed by atoms with Crippen molar-refractivity contribution >= 4 is 50.2 Å². The van der Waals surface area contributed by atoms with Gasteiger partial charge < -0.3 is 5.32 Å². The third-order valence-corrected chi connectivity index (χ3v) is 5.38. The van der Waals surface area contributed by atoms with Gasteiger partial charge in [0.2, 0.25) is 0 Å². The largest absolute Gasteiger partial charge is 0.305 e. The highest BCUT2D eigenvalue weighted by Gasteiger charge is 2.08. The van der Waals surface area contributed by atoms with E-state index in [-0.39, 0.29) is 0 Å². The summed E-state index contributed by atoms with van der Waals surface area (Å²) in [7, 11) is 0. The second kappa shape index (κ2) is 5.65. The first-order valence-corrected chi connectivity index (χ1v) is 7.79. The Morgan fingerprint density at radius 3 is 2.88 bits per heavy atom. The van der Waals surface area contributed by atoms with Crippen LogP contribution in [0.15, 0.2) is 27.4 Å². The van der Waals surface area contributed by atoms with Crippen LogP contribution in [0.2, 0.25) is 4.34 Å². The molecule has 0 radical (unpaired) electrons. The Kier molecular flexibility index (Phi) is 4.44. The number of hydrogen-bond acceptors (Lipinski definition) is 3. The summed E-state index contributed by atoms with van der Waals surface area (Å²) in [6.07, 6.45) is 0. The van der Waals surface area contributed by atoms with Crippen LogP contribution in [0.1, 0.15) is 23.4 Å². The van der Waals surface area contributed by atoms with Gasteiger partial charge in [-0.25, -0.2) is 0 Å². The minimum atomic E-state index is 0.331. The predicted molar refractivity (Wildman–Crippen MR) is 76.6 cm³/mol. The fourth-order valence-electron chi connectivity index (χ4n) is 1.37. The fraction of sp³-hybridized carbons (Fsp3) is 0.273. The van der Waals surface area contributed by atoms with Crippen LogP contribution in [0.5, 0.6) is 0 Å². The lowest BCUT2D eigenvalue weighted by Gasteiger charge is -2.11. The van der Waals surface area contributed by atoms with E-state index in [1.807, 2.05) is 6.07 Å². The van der Waals surface area contributed by atoms with Crippen molar-refractivity contribution in [1.29, 1.82) is 0 Å². The molecule has 0 saturated heterocycles. The third-order valence-electron chi connectivity index (χ3n) is 2.35. The van der Waals surface area contributed by atoms with E-state index in [9.17, 15) is 0 Å². The van der Waals surface area contributed by atoms with Gasteiger partial charge in [0.25, 0.3) is 0 Å². The normalized spacial score (nSPS) is 12.9. The molecule has 1 nitrogen and oxygen atoms in total. The molecular weight excluding hydrogens is 326 g/mol. The van der Waals surface area contributed by atoms with Gasteiger partial charge in [0.15, 0.2) is 0 Å². The summed E-state index contributed by atoms with van der Waals surface area (Å²) in [5.74, 6) is 0. The van der Waals surface area contributed by atoms with Gasteiger partial charge in [0, 0.05) is 21.9 Å². The first-order valence-electron chi connectivity index (χ1n) is 4.86. The van der Waals surface area contributed by atoms with Crippen molar-refractivity contribution in [2.75, 3.05) is 0 Å². The van der Waals surface area contributed by atoms with Crippen LogP contribution in [0.3, 0.4) is 0 Å². The molecule has 0 aliphatic carbocycles. The summed E-state index contributed by atoms with van der Waals surface area (Å²) in [6, 6.07) is 4.43. The summed E-state index contributed by atoms with van der Waals surface area (Å²) in [6.45, 7) is 3.03. The van der Waals surface area contributed by atoms with E-state index in [0.29, 0.717) is 6.04 Å². The molecule has 0 aliphatic heterocycles. The Hall–Kier alpha value is 0.130. The monoisotopic (exact) mass is 335 g/mol. The zero-order valence-corrected chi connectivity index (χ0v) is 12.6. The molecule has 5 heteroatoms. The molecule has 16 heavy (non-hydrogen) atoms. The minimum Gasteiger partial charge on any atom is -0.305 e. The van der Waals surface area contributed by atoms with Crippen molar-refractivity contribution < 1.29 is 0 Å². The van der Waals surface area contributed by atoms with Gasteiger partial charge in [0.05, 0.1) is 4.34 Å². The summed E-state index contributed by atoms with van der Waals surface area (Å²) in [5, 5.41) is 7.68. The van der Waals surface area contributed by atoms with Crippen molar-refractivity contribution in [2.24, 2.45) is 0 Å². The van der Waals surface area contributed by atoms with E-state index in [1.165, 1.54) is 14.9 Å². The van der Waals surface area contributed by atoms with Gasteiger partial charge in [-0.3, -0.25) is 0 Å². The molecule has 1 atom stereocenters. The van der Waals surface area contributed by atoms with Crippen LogP contribution in [-0.2, 0) is 6.54 Å². The molecule has 0 spiro atoms. The zero-order chi connectivity index (χ0) is 11.5. The first kappa shape index (κ1) is 12.6. The Balaban J connectivity index is 1.93. The lowest BCUT2D eigenvalue weighted by molar-refractivity contribution is 0.579. The number of thiophene rings is 2. The standard InChI is InChI=1S/C11H11BrClNS2/c1-7(8-4-11(13)16-6-8)14-5-10-9(12)2-3-15-10/h2-4,6-7,14H,5H2,1H3. The molecule has 1 unspecified atom stereocenters. The van der Waals surface area contributed by atoms with Crippen molar-refractivity contribution in [2.45, 2.75) is 19.5 Å². The SMILES string of the molecule is CC(NCc1sccc1Br)c1csc(Cl)c1. The number of hydrogen-bond donors (Lipinski definition) is 1. The second-order valence-electron chi connectivity index (χ2n) is 3.48. The predicted octanol–water partition coefficient (Wildman–Crippen LogP) is 5.08. The quantitative estimate of drug-likeness (QED) is 0.821. The molecular formula is C11H11BrClNS2. The Morgan fingerprint density at radius 2 is 2.31 bits per heavy atom. The van der Waals surface area contributed by atoms with Crippen molar-refractivity contribution in [3.05, 3.63) is 42.1 Å². The van der Waals surface area contributed by atoms with E-state index in [1.54, 1.807) is 22.7 Å². The molecule has 2 aromatic heterocycles. The van der Waals surface area contributed by atoms with Gasteiger partial charge in [-0.05, 0) is 51.3 Å². The molecule has 0 fully saturated rings. The Labute approximate surface area is 117 Å². The number of halogens is 2. The van der Waals surface area contributed by atoms with E-state index in [4.69, 9.17) is 11.6 Å². The van der Waals surface area contributed by atoms with Gasteiger partial charge in [-0.2, -0.15) is 0 Å². The molecule has 0 bridgehead atoms. The third kappa shape index (κ3) is 3.08. The van der Waals surface area contributed by atoms with Crippen molar-refractivity contribution in [1.82, 2.24) is 5.32 Å². The lowest BCUT2D eigenvalue weighted by atomic mass is 10.2. The maximum Gasteiger partial charge on any atom is 0.0931 e. The first-order chi connectivity index (χ1) is 7.66. The summed E-state index contributed by atoms with van der Waals surface area (Å²) < 4.78 is 2.03. The van der Waals surface area contributed by atoms with Crippen molar-refractivity contribution in [3.63, 3.8) is 0 Å². The maximum absolute atomic E-state index is 5.91. The van der Waals surface area contributed by atoms with Crippen LogP contribution in [0, 0.1) is 0 Å². The molecule has 0 aromatic carbocycles. The fourth-order valence-corrected chi connectivity index (χ4v) is 3.79. The second-order valence-corrected chi connectivity index (χ2v) is 6.88. The van der Waals surface area contributed by atoms with Gasteiger partial charge >= 0.3 is 0 Å². The summed E-state index contributed by atoms with van der Waals surface area (Å²) >= 11 is 12.8. The van der Waals surface area contributed by atoms with Crippen LogP contribution >= 0.6 is 50.2 Å². The van der Waals surface area contributed by atoms with Crippen LogP contribution < -0.4 is 5.32 Å². The van der Waals surface area contributed by atoms with E-state index >= 15 is 0 Å². The average Bonchev–Trinajstić information content (AvgIpc) is 2.84. The van der Waals surface area contributed by atoms with E-state index in [0.717, 1.165) is 10.9 Å². The molecule has 2 aromatic rings. The number of rotatable bonds is 4. The van der Waals surface area contributed by atoms with Gasteiger partial charge in [0.1, 0.15) is 0 Å². The van der Waals surface area contributed by atoms with Crippen LogP contribution in [-0.4, -0.2) is 0 Å². The molecule has 0 aliphatic rings. The molecule has 2 rings (SSSR count). The summed E-state index contributed by atoms with van der Waals surface area (Å²) in [5.41, 5.74) is 1.25. The van der Waals surface area contributed by atoms with Crippen molar-refractivity contribution in [3.8, 4) is 0 Å². The topological polar surface area (TPSA) is 12.0 Å². The zero-order valence-electron chi connectivity index (χ0n) is 8.67. The average molecular weight is 337 g/mol. The number of nitrogens with one attached hydrogen (secondary N) is 1. The highest BCUT2D eigenvalue weighted by atomic mass is 79.9. The highest BCUT2D eigenvalue weighted by molar-refractivity contribution is 9.10. The lowest BCUT2D eigenvalue weighted by Crippen LogP contribution is -2.17. The molecule has 86 valence electrons. The van der Waals surface area contributed by atoms with Gasteiger partial charge in [-0.1, -0.05) is 11.6 Å². The minimum absolute atomic E-state index is 0.331. The van der Waals surface area contributed by atoms with E-state index in [2.05, 4.69) is 45.0 Å². The Bertz CT molecular complexity index is 466. The molecule has 1 N–H and O–H groups in total. The van der Waals surface area contributed by atoms with Gasteiger partial charge in [-0.15, -0.1) is 22.7 Å².